The highest BCUT2D eigenvalue weighted by molar-refractivity contribution is 7.09. The lowest BCUT2D eigenvalue weighted by atomic mass is 10.0. The summed E-state index contributed by atoms with van der Waals surface area (Å²) < 4.78 is 0. The zero-order valence-electron chi connectivity index (χ0n) is 13.1. The minimum absolute atomic E-state index is 0.323. The molecule has 0 radical (unpaired) electrons. The zero-order valence-corrected chi connectivity index (χ0v) is 14.7. The normalized spacial score (nSPS) is 17.9. The SMILES string of the molecule is Cc1csc(CCCN2Cc3c(ccc(Cl)c3C)C2CN)n1. The molecule has 0 aliphatic carbocycles. The Kier molecular flexibility index (Phi) is 4.83. The summed E-state index contributed by atoms with van der Waals surface area (Å²) in [6, 6.07) is 4.47. The van der Waals surface area contributed by atoms with Gasteiger partial charge in [-0.1, -0.05) is 17.7 Å². The topological polar surface area (TPSA) is 42.1 Å². The number of thiazole rings is 1. The van der Waals surface area contributed by atoms with Crippen molar-refractivity contribution in [1.29, 1.82) is 0 Å². The van der Waals surface area contributed by atoms with E-state index in [1.54, 1.807) is 11.3 Å². The van der Waals surface area contributed by atoms with Gasteiger partial charge in [-0.05, 0) is 49.6 Å². The molecule has 22 heavy (non-hydrogen) atoms. The monoisotopic (exact) mass is 335 g/mol. The number of halogens is 1. The minimum Gasteiger partial charge on any atom is -0.329 e. The smallest absolute Gasteiger partial charge is 0.0928 e. The third-order valence-electron chi connectivity index (χ3n) is 4.46. The van der Waals surface area contributed by atoms with Crippen LogP contribution in [0.2, 0.25) is 5.02 Å². The molecule has 0 fully saturated rings. The van der Waals surface area contributed by atoms with E-state index >= 15 is 0 Å². The maximum Gasteiger partial charge on any atom is 0.0928 e. The maximum absolute atomic E-state index is 6.26. The van der Waals surface area contributed by atoms with E-state index in [9.17, 15) is 0 Å². The van der Waals surface area contributed by atoms with Crippen molar-refractivity contribution in [2.75, 3.05) is 13.1 Å². The first-order valence-corrected chi connectivity index (χ1v) is 8.99. The molecule has 2 aromatic rings. The van der Waals surface area contributed by atoms with Crippen LogP contribution in [0.4, 0.5) is 0 Å². The molecule has 2 N–H and O–H groups in total. The predicted octanol–water partition coefficient (Wildman–Crippen LogP) is 3.86. The van der Waals surface area contributed by atoms with E-state index in [1.165, 1.54) is 21.7 Å². The molecule has 0 bridgehead atoms. The van der Waals surface area contributed by atoms with Crippen molar-refractivity contribution < 1.29 is 0 Å². The van der Waals surface area contributed by atoms with Gasteiger partial charge in [0.25, 0.3) is 0 Å². The zero-order chi connectivity index (χ0) is 15.7. The summed E-state index contributed by atoms with van der Waals surface area (Å²) in [5.74, 6) is 0. The molecule has 1 aromatic heterocycles. The van der Waals surface area contributed by atoms with Crippen molar-refractivity contribution in [1.82, 2.24) is 9.88 Å². The van der Waals surface area contributed by atoms with Crippen LogP contribution < -0.4 is 5.73 Å². The fourth-order valence-electron chi connectivity index (χ4n) is 3.24. The molecule has 1 aliphatic rings. The highest BCUT2D eigenvalue weighted by Gasteiger charge is 2.30. The van der Waals surface area contributed by atoms with Crippen LogP contribution in [0.25, 0.3) is 0 Å². The Morgan fingerprint density at radius 3 is 2.91 bits per heavy atom. The summed E-state index contributed by atoms with van der Waals surface area (Å²) in [5, 5.41) is 4.21. The highest BCUT2D eigenvalue weighted by atomic mass is 35.5. The van der Waals surface area contributed by atoms with Crippen LogP contribution in [0.1, 0.15) is 39.9 Å². The van der Waals surface area contributed by atoms with Crippen LogP contribution in [-0.4, -0.2) is 23.0 Å². The average Bonchev–Trinajstić information content (AvgIpc) is 3.07. The third kappa shape index (κ3) is 3.06. The molecule has 0 spiro atoms. The van der Waals surface area contributed by atoms with Gasteiger partial charge < -0.3 is 5.73 Å². The summed E-state index contributed by atoms with van der Waals surface area (Å²) >= 11 is 8.02. The largest absolute Gasteiger partial charge is 0.329 e. The van der Waals surface area contributed by atoms with E-state index in [0.29, 0.717) is 12.6 Å². The van der Waals surface area contributed by atoms with Crippen molar-refractivity contribution in [3.05, 3.63) is 49.9 Å². The molecular weight excluding hydrogens is 314 g/mol. The number of aryl methyl sites for hydroxylation is 2. The van der Waals surface area contributed by atoms with E-state index in [4.69, 9.17) is 17.3 Å². The van der Waals surface area contributed by atoms with Gasteiger partial charge in [0.05, 0.1) is 5.01 Å². The van der Waals surface area contributed by atoms with Crippen molar-refractivity contribution in [2.45, 2.75) is 39.3 Å². The van der Waals surface area contributed by atoms with Crippen LogP contribution >= 0.6 is 22.9 Å². The Labute approximate surface area is 141 Å². The standard InChI is InChI=1S/C17H22ClN3S/c1-11-10-22-17(20-11)4-3-7-21-9-14-12(2)15(18)6-5-13(14)16(21)8-19/h5-6,10,16H,3-4,7-9,19H2,1-2H3. The van der Waals surface area contributed by atoms with Gasteiger partial charge in [-0.2, -0.15) is 0 Å². The second-order valence-corrected chi connectivity index (χ2v) is 7.30. The van der Waals surface area contributed by atoms with E-state index in [1.807, 2.05) is 13.0 Å². The first-order chi connectivity index (χ1) is 10.6. The van der Waals surface area contributed by atoms with E-state index in [0.717, 1.165) is 36.6 Å². The number of hydrogen-bond acceptors (Lipinski definition) is 4. The van der Waals surface area contributed by atoms with Crippen molar-refractivity contribution in [3.63, 3.8) is 0 Å². The number of aromatic nitrogens is 1. The third-order valence-corrected chi connectivity index (χ3v) is 5.89. The fraction of sp³-hybridized carbons (Fsp3) is 0.471. The van der Waals surface area contributed by atoms with Gasteiger partial charge >= 0.3 is 0 Å². The van der Waals surface area contributed by atoms with Crippen LogP contribution in [0.5, 0.6) is 0 Å². The molecule has 5 heteroatoms. The summed E-state index contributed by atoms with van der Waals surface area (Å²) in [4.78, 5) is 7.02. The molecule has 0 saturated heterocycles. The van der Waals surface area contributed by atoms with Gasteiger partial charge in [-0.15, -0.1) is 11.3 Å². The first-order valence-electron chi connectivity index (χ1n) is 7.73. The molecule has 1 aromatic carbocycles. The Hall–Kier alpha value is -0.940. The Bertz CT molecular complexity index is 668. The molecular formula is C17H22ClN3S. The fourth-order valence-corrected chi connectivity index (χ4v) is 4.24. The number of benzene rings is 1. The molecule has 1 atom stereocenters. The minimum atomic E-state index is 0.323. The van der Waals surface area contributed by atoms with E-state index in [2.05, 4.69) is 28.3 Å². The van der Waals surface area contributed by atoms with Gasteiger partial charge in [0.2, 0.25) is 0 Å². The lowest BCUT2D eigenvalue weighted by molar-refractivity contribution is 0.217. The number of hydrogen-bond donors (Lipinski definition) is 1. The Morgan fingerprint density at radius 1 is 1.41 bits per heavy atom. The number of fused-ring (bicyclic) bond motifs is 1. The van der Waals surface area contributed by atoms with Gasteiger partial charge in [-0.3, -0.25) is 4.90 Å². The summed E-state index contributed by atoms with van der Waals surface area (Å²) in [6.45, 7) is 6.82. The predicted molar refractivity (Wildman–Crippen MR) is 93.6 cm³/mol. The number of rotatable bonds is 5. The average molecular weight is 336 g/mol. The maximum atomic E-state index is 6.26. The van der Waals surface area contributed by atoms with Crippen LogP contribution in [0.3, 0.4) is 0 Å². The summed E-state index contributed by atoms with van der Waals surface area (Å²) in [5.41, 5.74) is 11.1. The van der Waals surface area contributed by atoms with Crippen LogP contribution in [-0.2, 0) is 13.0 Å². The molecule has 2 heterocycles. The summed E-state index contributed by atoms with van der Waals surface area (Å²) in [7, 11) is 0. The van der Waals surface area contributed by atoms with E-state index < -0.39 is 0 Å². The molecule has 1 unspecified atom stereocenters. The van der Waals surface area contributed by atoms with Gasteiger partial charge in [-0.25, -0.2) is 4.98 Å². The number of nitrogens with zero attached hydrogens (tertiary/aromatic N) is 2. The first kappa shape index (κ1) is 15.9. The molecule has 0 saturated carbocycles. The van der Waals surface area contributed by atoms with Crippen molar-refractivity contribution in [2.24, 2.45) is 5.73 Å². The van der Waals surface area contributed by atoms with Gasteiger partial charge in [0.15, 0.2) is 0 Å². The van der Waals surface area contributed by atoms with Gasteiger partial charge in [0, 0.05) is 41.6 Å². The Morgan fingerprint density at radius 2 is 2.23 bits per heavy atom. The molecule has 1 aliphatic heterocycles. The second kappa shape index (κ2) is 6.67. The molecule has 3 rings (SSSR count). The van der Waals surface area contributed by atoms with Crippen LogP contribution in [0, 0.1) is 13.8 Å². The second-order valence-electron chi connectivity index (χ2n) is 5.95. The van der Waals surface area contributed by atoms with Gasteiger partial charge in [0.1, 0.15) is 0 Å². The molecule has 0 amide bonds. The lowest BCUT2D eigenvalue weighted by Gasteiger charge is -2.23. The van der Waals surface area contributed by atoms with Crippen molar-refractivity contribution >= 4 is 22.9 Å². The Balaban J connectivity index is 1.66. The summed E-state index contributed by atoms with van der Waals surface area (Å²) in [6.07, 6.45) is 2.16. The highest BCUT2D eigenvalue weighted by Crippen LogP contribution is 2.37. The number of nitrogens with two attached hydrogens (primary N) is 1. The molecule has 3 nitrogen and oxygen atoms in total. The van der Waals surface area contributed by atoms with Crippen molar-refractivity contribution in [3.8, 4) is 0 Å². The molecule has 118 valence electrons. The quantitative estimate of drug-likeness (QED) is 0.902. The van der Waals surface area contributed by atoms with E-state index in [-0.39, 0.29) is 0 Å². The van der Waals surface area contributed by atoms with Crippen LogP contribution in [0.15, 0.2) is 17.5 Å². The lowest BCUT2D eigenvalue weighted by Crippen LogP contribution is -2.29.